The van der Waals surface area contributed by atoms with Crippen molar-refractivity contribution in [1.82, 2.24) is 5.32 Å². The predicted octanol–water partition coefficient (Wildman–Crippen LogP) is 2.14. The summed E-state index contributed by atoms with van der Waals surface area (Å²) in [5, 5.41) is 3.57. The Bertz CT molecular complexity index is 182. The predicted molar refractivity (Wildman–Crippen MR) is 66.4 cm³/mol. The van der Waals surface area contributed by atoms with Gasteiger partial charge < -0.3 is 10.1 Å². The Morgan fingerprint density at radius 3 is 3.07 bits per heavy atom. The zero-order valence-electron chi connectivity index (χ0n) is 9.71. The van der Waals surface area contributed by atoms with E-state index >= 15 is 0 Å². The maximum atomic E-state index is 5.20. The van der Waals surface area contributed by atoms with E-state index in [2.05, 4.69) is 17.1 Å². The number of ether oxygens (including phenoxy) is 1. The molecule has 0 amide bonds. The van der Waals surface area contributed by atoms with Crippen LogP contribution in [0.1, 0.15) is 25.7 Å². The SMILES string of the molecule is COCC1CC(CC2CCCSC2)CN1. The molecule has 2 rings (SSSR count). The van der Waals surface area contributed by atoms with Crippen LogP contribution in [0.15, 0.2) is 0 Å². The molecule has 3 atom stereocenters. The van der Waals surface area contributed by atoms with Crippen LogP contribution in [0, 0.1) is 11.8 Å². The zero-order valence-corrected chi connectivity index (χ0v) is 10.5. The highest BCUT2D eigenvalue weighted by Crippen LogP contribution is 2.30. The summed E-state index contributed by atoms with van der Waals surface area (Å²) in [6.45, 7) is 2.10. The Kier molecular flexibility index (Phi) is 4.79. The van der Waals surface area contributed by atoms with Crippen LogP contribution in [0.25, 0.3) is 0 Å². The van der Waals surface area contributed by atoms with Crippen LogP contribution in [0.4, 0.5) is 0 Å². The third-order valence-corrected chi connectivity index (χ3v) is 4.89. The molecular formula is C12H23NOS. The smallest absolute Gasteiger partial charge is 0.0615 e. The van der Waals surface area contributed by atoms with Crippen LogP contribution in [0.5, 0.6) is 0 Å². The Morgan fingerprint density at radius 2 is 2.33 bits per heavy atom. The Hall–Kier alpha value is 0.270. The van der Waals surface area contributed by atoms with Crippen molar-refractivity contribution >= 4 is 11.8 Å². The molecule has 0 bridgehead atoms. The quantitative estimate of drug-likeness (QED) is 0.798. The maximum Gasteiger partial charge on any atom is 0.0615 e. The van der Waals surface area contributed by atoms with E-state index in [0.717, 1.165) is 18.4 Å². The van der Waals surface area contributed by atoms with Crippen LogP contribution in [-0.4, -0.2) is 37.8 Å². The highest BCUT2D eigenvalue weighted by atomic mass is 32.2. The number of hydrogen-bond acceptors (Lipinski definition) is 3. The average Bonchev–Trinajstić information content (AvgIpc) is 2.68. The molecule has 1 N–H and O–H groups in total. The third kappa shape index (κ3) is 3.65. The first-order valence-electron chi connectivity index (χ1n) is 6.18. The van der Waals surface area contributed by atoms with Gasteiger partial charge in [0, 0.05) is 13.2 Å². The lowest BCUT2D eigenvalue weighted by molar-refractivity contribution is 0.171. The Balaban J connectivity index is 1.67. The highest BCUT2D eigenvalue weighted by Gasteiger charge is 2.26. The molecule has 0 radical (unpaired) electrons. The van der Waals surface area contributed by atoms with Gasteiger partial charge in [-0.2, -0.15) is 11.8 Å². The van der Waals surface area contributed by atoms with Crippen molar-refractivity contribution in [1.29, 1.82) is 0 Å². The van der Waals surface area contributed by atoms with Gasteiger partial charge in [-0.25, -0.2) is 0 Å². The minimum atomic E-state index is 0.622. The molecule has 15 heavy (non-hydrogen) atoms. The zero-order chi connectivity index (χ0) is 10.5. The fourth-order valence-electron chi connectivity index (χ4n) is 2.87. The third-order valence-electron chi connectivity index (χ3n) is 3.60. The fraction of sp³-hybridized carbons (Fsp3) is 1.00. The second-order valence-corrected chi connectivity index (χ2v) is 6.13. The van der Waals surface area contributed by atoms with E-state index in [0.29, 0.717) is 6.04 Å². The summed E-state index contributed by atoms with van der Waals surface area (Å²) in [6.07, 6.45) is 5.69. The molecule has 3 unspecified atom stereocenters. The molecule has 88 valence electrons. The van der Waals surface area contributed by atoms with Crippen molar-refractivity contribution in [2.24, 2.45) is 11.8 Å². The molecule has 0 aliphatic carbocycles. The van der Waals surface area contributed by atoms with Crippen LogP contribution in [0.3, 0.4) is 0 Å². The molecule has 2 saturated heterocycles. The lowest BCUT2D eigenvalue weighted by Crippen LogP contribution is -2.25. The largest absolute Gasteiger partial charge is 0.383 e. The van der Waals surface area contributed by atoms with Crippen molar-refractivity contribution in [2.45, 2.75) is 31.7 Å². The summed E-state index contributed by atoms with van der Waals surface area (Å²) in [7, 11) is 1.80. The first-order valence-corrected chi connectivity index (χ1v) is 7.34. The summed E-state index contributed by atoms with van der Waals surface area (Å²) in [5.74, 6) is 4.71. The molecule has 0 saturated carbocycles. The van der Waals surface area contributed by atoms with E-state index in [9.17, 15) is 0 Å². The van der Waals surface area contributed by atoms with Gasteiger partial charge in [0.2, 0.25) is 0 Å². The summed E-state index contributed by atoms with van der Waals surface area (Å²) in [4.78, 5) is 0. The lowest BCUT2D eigenvalue weighted by Gasteiger charge is -2.23. The standard InChI is InChI=1S/C12H23NOS/c1-14-8-12-6-11(7-13-12)5-10-3-2-4-15-9-10/h10-13H,2-9H2,1H3. The molecule has 2 aliphatic rings. The number of methoxy groups -OCH3 is 1. The van der Waals surface area contributed by atoms with Crippen LogP contribution >= 0.6 is 11.8 Å². The van der Waals surface area contributed by atoms with E-state index in [-0.39, 0.29) is 0 Å². The van der Waals surface area contributed by atoms with Gasteiger partial charge in [0.15, 0.2) is 0 Å². The highest BCUT2D eigenvalue weighted by molar-refractivity contribution is 7.99. The number of nitrogens with one attached hydrogen (secondary N) is 1. The molecular weight excluding hydrogens is 206 g/mol. The van der Waals surface area contributed by atoms with E-state index in [1.54, 1.807) is 7.11 Å². The van der Waals surface area contributed by atoms with Gasteiger partial charge in [-0.15, -0.1) is 0 Å². The number of thioether (sulfide) groups is 1. The molecule has 0 aromatic heterocycles. The molecule has 2 heterocycles. The average molecular weight is 229 g/mol. The molecule has 2 aliphatic heterocycles. The number of hydrogen-bond donors (Lipinski definition) is 1. The second kappa shape index (κ2) is 6.12. The summed E-state index contributed by atoms with van der Waals surface area (Å²) >= 11 is 2.15. The maximum absolute atomic E-state index is 5.20. The van der Waals surface area contributed by atoms with Crippen molar-refractivity contribution in [3.8, 4) is 0 Å². The Morgan fingerprint density at radius 1 is 1.40 bits per heavy atom. The van der Waals surface area contributed by atoms with Crippen LogP contribution < -0.4 is 5.32 Å². The molecule has 0 aromatic rings. The first-order chi connectivity index (χ1) is 7.38. The summed E-state index contributed by atoms with van der Waals surface area (Å²) < 4.78 is 5.20. The topological polar surface area (TPSA) is 21.3 Å². The van der Waals surface area contributed by atoms with Crippen molar-refractivity contribution in [3.05, 3.63) is 0 Å². The van der Waals surface area contributed by atoms with E-state index in [4.69, 9.17) is 4.74 Å². The monoisotopic (exact) mass is 229 g/mol. The van der Waals surface area contributed by atoms with Gasteiger partial charge in [-0.3, -0.25) is 0 Å². The molecule has 2 fully saturated rings. The normalized spacial score (nSPS) is 37.0. The number of rotatable bonds is 4. The molecule has 3 heteroatoms. The lowest BCUT2D eigenvalue weighted by atomic mass is 9.90. The van der Waals surface area contributed by atoms with Crippen molar-refractivity contribution < 1.29 is 4.74 Å². The molecule has 0 spiro atoms. The summed E-state index contributed by atoms with van der Waals surface area (Å²) in [6, 6.07) is 0.622. The summed E-state index contributed by atoms with van der Waals surface area (Å²) in [5.41, 5.74) is 0. The van der Waals surface area contributed by atoms with Gasteiger partial charge in [0.1, 0.15) is 0 Å². The van der Waals surface area contributed by atoms with Gasteiger partial charge >= 0.3 is 0 Å². The van der Waals surface area contributed by atoms with Gasteiger partial charge in [-0.1, -0.05) is 0 Å². The minimum Gasteiger partial charge on any atom is -0.383 e. The van der Waals surface area contributed by atoms with Crippen LogP contribution in [-0.2, 0) is 4.74 Å². The Labute approximate surface area is 97.5 Å². The van der Waals surface area contributed by atoms with Gasteiger partial charge in [-0.05, 0) is 55.6 Å². The van der Waals surface area contributed by atoms with Crippen molar-refractivity contribution in [3.63, 3.8) is 0 Å². The van der Waals surface area contributed by atoms with Crippen molar-refractivity contribution in [2.75, 3.05) is 31.8 Å². The fourth-order valence-corrected chi connectivity index (χ4v) is 4.05. The minimum absolute atomic E-state index is 0.622. The van der Waals surface area contributed by atoms with E-state index in [1.807, 2.05) is 0 Å². The molecule has 2 nitrogen and oxygen atoms in total. The second-order valence-electron chi connectivity index (χ2n) is 4.98. The van der Waals surface area contributed by atoms with Gasteiger partial charge in [0.25, 0.3) is 0 Å². The first kappa shape index (κ1) is 11.7. The van der Waals surface area contributed by atoms with Gasteiger partial charge in [0.05, 0.1) is 6.61 Å². The molecule has 0 aromatic carbocycles. The van der Waals surface area contributed by atoms with Crippen LogP contribution in [0.2, 0.25) is 0 Å². The van der Waals surface area contributed by atoms with E-state index < -0.39 is 0 Å². The van der Waals surface area contributed by atoms with E-state index in [1.165, 1.54) is 43.7 Å².